The molecule has 2 aromatic carbocycles. The van der Waals surface area contributed by atoms with E-state index in [-0.39, 0.29) is 11.7 Å². The number of likely N-dealkylation sites (tertiary alicyclic amines) is 2. The number of H-pyrrole nitrogens is 1. The van der Waals surface area contributed by atoms with Crippen molar-refractivity contribution in [3.8, 4) is 17.1 Å². The summed E-state index contributed by atoms with van der Waals surface area (Å²) in [6.07, 6.45) is 6.68. The molecule has 36 heavy (non-hydrogen) atoms. The number of aromatic nitrogens is 2. The molecule has 7 nitrogen and oxygen atoms in total. The molecule has 0 radical (unpaired) electrons. The smallest absolute Gasteiger partial charge is 0.225 e. The second-order valence-electron chi connectivity index (χ2n) is 10.9. The number of aryl methyl sites for hydroxylation is 1. The molecule has 6 rings (SSSR count). The molecule has 1 amide bonds. The summed E-state index contributed by atoms with van der Waals surface area (Å²) in [5.74, 6) is 1.38. The minimum absolute atomic E-state index is 0.125. The Morgan fingerprint density at radius 3 is 2.44 bits per heavy atom. The van der Waals surface area contributed by atoms with Crippen molar-refractivity contribution >= 4 is 22.6 Å². The molecule has 3 aliphatic rings. The molecule has 2 N–H and O–H groups in total. The van der Waals surface area contributed by atoms with Crippen molar-refractivity contribution in [2.24, 2.45) is 5.92 Å². The van der Waals surface area contributed by atoms with Crippen LogP contribution in [0, 0.1) is 12.8 Å². The zero-order valence-electron chi connectivity index (χ0n) is 21.2. The van der Waals surface area contributed by atoms with Crippen LogP contribution in [0.1, 0.15) is 44.1 Å². The summed E-state index contributed by atoms with van der Waals surface area (Å²) >= 11 is 0. The third-order valence-corrected chi connectivity index (χ3v) is 8.52. The summed E-state index contributed by atoms with van der Waals surface area (Å²) in [5, 5.41) is 10.6. The van der Waals surface area contributed by atoms with E-state index in [2.05, 4.69) is 32.7 Å². The van der Waals surface area contributed by atoms with Gasteiger partial charge in [-0.2, -0.15) is 0 Å². The molecule has 7 heteroatoms. The number of hydrogen-bond donors (Lipinski definition) is 2. The molecule has 1 aromatic heterocycles. The second-order valence-corrected chi connectivity index (χ2v) is 10.9. The minimum Gasteiger partial charge on any atom is -0.507 e. The number of nitrogens with one attached hydrogen (secondary N) is 1. The number of fused-ring (bicyclic) bond motifs is 1. The van der Waals surface area contributed by atoms with Gasteiger partial charge in [0.25, 0.3) is 0 Å². The second kappa shape index (κ2) is 9.77. The van der Waals surface area contributed by atoms with Crippen LogP contribution >= 0.6 is 0 Å². The van der Waals surface area contributed by atoms with Crippen molar-refractivity contribution in [1.29, 1.82) is 0 Å². The van der Waals surface area contributed by atoms with Gasteiger partial charge in [0.15, 0.2) is 0 Å². The number of benzene rings is 2. The number of carbonyl (C=O) groups excluding carboxylic acids is 1. The molecule has 0 aliphatic carbocycles. The van der Waals surface area contributed by atoms with E-state index >= 15 is 0 Å². The van der Waals surface area contributed by atoms with Gasteiger partial charge in [-0.25, -0.2) is 4.98 Å². The molecule has 3 aromatic rings. The first-order valence-corrected chi connectivity index (χ1v) is 13.6. The Bertz CT molecular complexity index is 1230. The summed E-state index contributed by atoms with van der Waals surface area (Å²) in [6.45, 7) is 8.08. The maximum absolute atomic E-state index is 13.3. The number of hydrogen-bond acceptors (Lipinski definition) is 5. The number of rotatable bonds is 4. The predicted molar refractivity (Wildman–Crippen MR) is 143 cm³/mol. The highest BCUT2D eigenvalue weighted by atomic mass is 16.3. The maximum Gasteiger partial charge on any atom is 0.225 e. The number of aromatic amines is 1. The van der Waals surface area contributed by atoms with E-state index in [0.29, 0.717) is 23.3 Å². The van der Waals surface area contributed by atoms with E-state index in [4.69, 9.17) is 4.98 Å². The van der Waals surface area contributed by atoms with Crippen molar-refractivity contribution in [2.75, 3.05) is 44.2 Å². The third-order valence-electron chi connectivity index (χ3n) is 8.52. The van der Waals surface area contributed by atoms with Gasteiger partial charge in [0.2, 0.25) is 5.91 Å². The van der Waals surface area contributed by atoms with Gasteiger partial charge in [0.1, 0.15) is 11.6 Å². The van der Waals surface area contributed by atoms with Gasteiger partial charge < -0.3 is 24.8 Å². The van der Waals surface area contributed by atoms with Crippen molar-refractivity contribution in [3.05, 3.63) is 42.0 Å². The Hall–Kier alpha value is -3.06. The lowest BCUT2D eigenvalue weighted by Gasteiger charge is -2.40. The van der Waals surface area contributed by atoms with Gasteiger partial charge in [-0.1, -0.05) is 6.07 Å². The molecule has 3 saturated heterocycles. The van der Waals surface area contributed by atoms with E-state index in [1.54, 1.807) is 6.07 Å². The van der Waals surface area contributed by atoms with Crippen molar-refractivity contribution in [3.63, 3.8) is 0 Å². The number of nitrogens with zero attached hydrogens (tertiary/aromatic N) is 4. The SMILES string of the molecule is Cc1ccc2nc(-c3cc(N4CCC(C(=O)N5CCC(N6CCCC6)CC5)CC4)ccc3O)[nH]c2c1. The molecule has 0 atom stereocenters. The normalized spacial score (nSPS) is 20.5. The summed E-state index contributed by atoms with van der Waals surface area (Å²) < 4.78 is 0. The van der Waals surface area contributed by atoms with Crippen LogP contribution in [0.25, 0.3) is 22.4 Å². The highest BCUT2D eigenvalue weighted by molar-refractivity contribution is 5.82. The van der Waals surface area contributed by atoms with E-state index in [1.165, 1.54) is 31.5 Å². The average molecular weight is 488 g/mol. The van der Waals surface area contributed by atoms with Crippen LogP contribution in [-0.2, 0) is 4.79 Å². The number of phenols is 1. The fourth-order valence-electron chi connectivity index (χ4n) is 6.36. The quantitative estimate of drug-likeness (QED) is 0.565. The maximum atomic E-state index is 13.3. The Morgan fingerprint density at radius 1 is 0.944 bits per heavy atom. The standard InChI is InChI=1S/C29H37N5O2/c1-20-4-6-25-26(18-20)31-28(30-25)24-19-23(5-7-27(24)35)33-14-8-21(9-15-33)29(36)34-16-10-22(11-17-34)32-12-2-3-13-32/h4-7,18-19,21-22,35H,2-3,8-17H2,1H3,(H,30,31). The fraction of sp³-hybridized carbons (Fsp3) is 0.517. The summed E-state index contributed by atoms with van der Waals surface area (Å²) in [5.41, 5.74) is 4.81. The van der Waals surface area contributed by atoms with Crippen LogP contribution in [0.4, 0.5) is 5.69 Å². The molecular formula is C29H37N5O2. The van der Waals surface area contributed by atoms with Gasteiger partial charge in [0.05, 0.1) is 16.6 Å². The minimum atomic E-state index is 0.125. The zero-order chi connectivity index (χ0) is 24.6. The number of aromatic hydroxyl groups is 1. The first-order chi connectivity index (χ1) is 17.5. The van der Waals surface area contributed by atoms with Crippen molar-refractivity contribution < 1.29 is 9.90 Å². The number of piperidine rings is 2. The Labute approximate surface area is 213 Å². The first-order valence-electron chi connectivity index (χ1n) is 13.6. The average Bonchev–Trinajstić information content (AvgIpc) is 3.59. The number of imidazole rings is 1. The lowest BCUT2D eigenvalue weighted by Crippen LogP contribution is -2.49. The molecule has 3 fully saturated rings. The van der Waals surface area contributed by atoms with Crippen LogP contribution in [0.3, 0.4) is 0 Å². The molecule has 0 bridgehead atoms. The fourth-order valence-corrected chi connectivity index (χ4v) is 6.36. The van der Waals surface area contributed by atoms with E-state index in [1.807, 2.05) is 24.3 Å². The van der Waals surface area contributed by atoms with Gasteiger partial charge in [0, 0.05) is 43.8 Å². The van der Waals surface area contributed by atoms with Crippen LogP contribution in [0.2, 0.25) is 0 Å². The van der Waals surface area contributed by atoms with Crippen LogP contribution < -0.4 is 4.90 Å². The Balaban J connectivity index is 1.08. The van der Waals surface area contributed by atoms with Gasteiger partial charge in [-0.3, -0.25) is 4.79 Å². The molecule has 0 unspecified atom stereocenters. The van der Waals surface area contributed by atoms with Crippen LogP contribution in [0.5, 0.6) is 5.75 Å². The Kier molecular flexibility index (Phi) is 6.34. The number of anilines is 1. The van der Waals surface area contributed by atoms with E-state index < -0.39 is 0 Å². The van der Waals surface area contributed by atoms with Gasteiger partial charge in [-0.15, -0.1) is 0 Å². The molecule has 190 valence electrons. The molecule has 0 saturated carbocycles. The Morgan fingerprint density at radius 2 is 1.69 bits per heavy atom. The van der Waals surface area contributed by atoms with Gasteiger partial charge in [-0.05, 0) is 94.4 Å². The monoisotopic (exact) mass is 487 g/mol. The van der Waals surface area contributed by atoms with Crippen LogP contribution in [-0.4, -0.2) is 76.1 Å². The summed E-state index contributed by atoms with van der Waals surface area (Å²) in [6, 6.07) is 12.5. The lowest BCUT2D eigenvalue weighted by atomic mass is 9.93. The molecule has 3 aliphatic heterocycles. The summed E-state index contributed by atoms with van der Waals surface area (Å²) in [4.78, 5) is 28.4. The van der Waals surface area contributed by atoms with Crippen molar-refractivity contribution in [1.82, 2.24) is 19.8 Å². The highest BCUT2D eigenvalue weighted by Gasteiger charge is 2.33. The topological polar surface area (TPSA) is 75.7 Å². The molecular weight excluding hydrogens is 450 g/mol. The predicted octanol–water partition coefficient (Wildman–Crippen LogP) is 4.55. The number of phenolic OH excluding ortho intramolecular Hbond substituents is 1. The molecule has 4 heterocycles. The highest BCUT2D eigenvalue weighted by Crippen LogP contribution is 2.34. The van der Waals surface area contributed by atoms with E-state index in [9.17, 15) is 9.90 Å². The molecule has 0 spiro atoms. The van der Waals surface area contributed by atoms with Gasteiger partial charge >= 0.3 is 0 Å². The third kappa shape index (κ3) is 4.57. The first kappa shape index (κ1) is 23.3. The zero-order valence-corrected chi connectivity index (χ0v) is 21.2. The number of carbonyl (C=O) groups is 1. The lowest BCUT2D eigenvalue weighted by molar-refractivity contribution is -0.137. The van der Waals surface area contributed by atoms with E-state index in [0.717, 1.165) is 68.6 Å². The number of amides is 1. The summed E-state index contributed by atoms with van der Waals surface area (Å²) in [7, 11) is 0. The largest absolute Gasteiger partial charge is 0.507 e. The van der Waals surface area contributed by atoms with Crippen molar-refractivity contribution in [2.45, 2.75) is 51.5 Å². The van der Waals surface area contributed by atoms with Crippen LogP contribution in [0.15, 0.2) is 36.4 Å².